The van der Waals surface area contributed by atoms with Crippen LogP contribution in [0.2, 0.25) is 0 Å². The van der Waals surface area contributed by atoms with Gasteiger partial charge in [-0.25, -0.2) is 9.59 Å². The number of ether oxygens (including phenoxy) is 2. The van der Waals surface area contributed by atoms with Gasteiger partial charge in [-0.1, -0.05) is 38.3 Å². The summed E-state index contributed by atoms with van der Waals surface area (Å²) in [7, 11) is 0. The predicted octanol–water partition coefficient (Wildman–Crippen LogP) is 4.78. The number of carbonyl (C=O) groups is 3. The molecule has 1 saturated carbocycles. The molecule has 0 spiro atoms. The number of allylic oxidation sites excluding steroid dienone is 1. The second-order valence-electron chi connectivity index (χ2n) is 9.59. The molecule has 1 fully saturated rings. The van der Waals surface area contributed by atoms with Gasteiger partial charge in [0.15, 0.2) is 0 Å². The average Bonchev–Trinajstić information content (AvgIpc) is 2.77. The highest BCUT2D eigenvalue weighted by Crippen LogP contribution is 2.31. The van der Waals surface area contributed by atoms with Gasteiger partial charge in [-0.15, -0.1) is 0 Å². The summed E-state index contributed by atoms with van der Waals surface area (Å²) in [5, 5.41) is 5.58. The van der Waals surface area contributed by atoms with E-state index in [4.69, 9.17) is 9.47 Å². The van der Waals surface area contributed by atoms with E-state index >= 15 is 0 Å². The molecule has 0 aromatic heterocycles. The molecule has 1 atom stereocenters. The fourth-order valence-electron chi connectivity index (χ4n) is 4.00. The normalized spacial score (nSPS) is 19.8. The van der Waals surface area contributed by atoms with Gasteiger partial charge < -0.3 is 20.1 Å². The first kappa shape index (κ1) is 23.8. The summed E-state index contributed by atoms with van der Waals surface area (Å²) in [4.78, 5) is 37.4. The van der Waals surface area contributed by atoms with Gasteiger partial charge in [0.2, 0.25) is 0 Å². The molecule has 1 aliphatic carbocycles. The minimum Gasteiger partial charge on any atom is -0.462 e. The summed E-state index contributed by atoms with van der Waals surface area (Å²) >= 11 is 0. The van der Waals surface area contributed by atoms with Gasteiger partial charge in [0.1, 0.15) is 5.75 Å². The van der Waals surface area contributed by atoms with Crippen LogP contribution in [-0.2, 0) is 14.3 Å². The van der Waals surface area contributed by atoms with Gasteiger partial charge in [0, 0.05) is 5.70 Å². The van der Waals surface area contributed by atoms with E-state index in [0.29, 0.717) is 41.5 Å². The minimum absolute atomic E-state index is 0.333. The lowest BCUT2D eigenvalue weighted by atomic mass is 9.90. The maximum Gasteiger partial charge on any atom is 0.338 e. The van der Waals surface area contributed by atoms with E-state index in [1.165, 1.54) is 19.3 Å². The summed E-state index contributed by atoms with van der Waals surface area (Å²) in [5.74, 6) is 0.0727. The number of benzene rings is 1. The molecule has 1 aliphatic heterocycles. The van der Waals surface area contributed by atoms with Crippen molar-refractivity contribution in [2.75, 3.05) is 6.61 Å². The topological polar surface area (TPSA) is 93.7 Å². The zero-order valence-electron chi connectivity index (χ0n) is 19.5. The predicted molar refractivity (Wildman–Crippen MR) is 121 cm³/mol. The largest absolute Gasteiger partial charge is 0.462 e. The molecule has 1 aromatic carbocycles. The number of carbonyl (C=O) groups excluding carboxylic acids is 3. The van der Waals surface area contributed by atoms with Gasteiger partial charge in [0.05, 0.1) is 23.6 Å². The quantitative estimate of drug-likeness (QED) is 0.488. The van der Waals surface area contributed by atoms with Crippen LogP contribution in [0.1, 0.15) is 77.8 Å². The van der Waals surface area contributed by atoms with Crippen LogP contribution in [0.4, 0.5) is 4.79 Å². The monoisotopic (exact) mass is 442 g/mol. The molecule has 32 heavy (non-hydrogen) atoms. The van der Waals surface area contributed by atoms with Crippen molar-refractivity contribution < 1.29 is 23.9 Å². The van der Waals surface area contributed by atoms with Crippen LogP contribution in [0.15, 0.2) is 35.5 Å². The third-order valence-corrected chi connectivity index (χ3v) is 5.94. The first-order chi connectivity index (χ1) is 15.2. The molecule has 0 saturated heterocycles. The zero-order valence-corrected chi connectivity index (χ0v) is 19.5. The third kappa shape index (κ3) is 5.90. The van der Waals surface area contributed by atoms with Crippen LogP contribution in [0.5, 0.6) is 5.75 Å². The molecular weight excluding hydrogens is 408 g/mol. The van der Waals surface area contributed by atoms with E-state index < -0.39 is 17.4 Å². The number of urea groups is 1. The van der Waals surface area contributed by atoms with Crippen LogP contribution in [0.25, 0.3) is 0 Å². The highest BCUT2D eigenvalue weighted by atomic mass is 16.5. The molecule has 3 rings (SSSR count). The molecule has 2 N–H and O–H groups in total. The lowest BCUT2D eigenvalue weighted by Crippen LogP contribution is -2.46. The van der Waals surface area contributed by atoms with Crippen molar-refractivity contribution in [3.8, 4) is 5.75 Å². The fraction of sp³-hybridized carbons (Fsp3) is 0.560. The standard InChI is InChI=1S/C25H34N2O5/c1-5-19-20(22(28)31-15-16-9-7-6-8-10-16)21(27-24(30)26-19)17-11-13-18(14-12-17)32-23(29)25(2,3)4/h11-14,16,21H,5-10,15H2,1-4H3,(H2,26,27,30)/t21-/m0/s1. The van der Waals surface area contributed by atoms with Crippen molar-refractivity contribution in [2.24, 2.45) is 11.3 Å². The Balaban J connectivity index is 1.78. The summed E-state index contributed by atoms with van der Waals surface area (Å²) in [5.41, 5.74) is 1.08. The second kappa shape index (κ2) is 10.2. The molecule has 2 aliphatic rings. The van der Waals surface area contributed by atoms with E-state index in [2.05, 4.69) is 10.6 Å². The number of amides is 2. The number of hydrogen-bond donors (Lipinski definition) is 2. The fourth-order valence-corrected chi connectivity index (χ4v) is 4.00. The number of nitrogens with one attached hydrogen (secondary N) is 2. The molecule has 7 nitrogen and oxygen atoms in total. The Bertz CT molecular complexity index is 877. The van der Waals surface area contributed by atoms with E-state index in [-0.39, 0.29) is 12.0 Å². The Morgan fingerprint density at radius 1 is 1.06 bits per heavy atom. The smallest absolute Gasteiger partial charge is 0.338 e. The van der Waals surface area contributed by atoms with Crippen LogP contribution >= 0.6 is 0 Å². The average molecular weight is 443 g/mol. The summed E-state index contributed by atoms with van der Waals surface area (Å²) in [6.07, 6.45) is 6.27. The first-order valence-corrected chi connectivity index (χ1v) is 11.5. The molecular formula is C25H34N2O5. The lowest BCUT2D eigenvalue weighted by Gasteiger charge is -2.30. The minimum atomic E-state index is -0.634. The van der Waals surface area contributed by atoms with Gasteiger partial charge in [-0.3, -0.25) is 4.79 Å². The van der Waals surface area contributed by atoms with E-state index in [0.717, 1.165) is 12.8 Å². The van der Waals surface area contributed by atoms with Gasteiger partial charge in [-0.05, 0) is 63.6 Å². The van der Waals surface area contributed by atoms with E-state index in [9.17, 15) is 14.4 Å². The van der Waals surface area contributed by atoms with Crippen molar-refractivity contribution in [1.82, 2.24) is 10.6 Å². The molecule has 7 heteroatoms. The van der Waals surface area contributed by atoms with Crippen molar-refractivity contribution in [3.63, 3.8) is 0 Å². The van der Waals surface area contributed by atoms with Crippen molar-refractivity contribution >= 4 is 18.0 Å². The second-order valence-corrected chi connectivity index (χ2v) is 9.59. The van der Waals surface area contributed by atoms with Crippen molar-refractivity contribution in [3.05, 3.63) is 41.1 Å². The highest BCUT2D eigenvalue weighted by molar-refractivity contribution is 5.95. The van der Waals surface area contributed by atoms with Crippen molar-refractivity contribution in [2.45, 2.75) is 72.3 Å². The Morgan fingerprint density at radius 2 is 1.72 bits per heavy atom. The molecule has 174 valence electrons. The maximum absolute atomic E-state index is 13.1. The zero-order chi connectivity index (χ0) is 23.3. The highest BCUT2D eigenvalue weighted by Gasteiger charge is 2.33. The van der Waals surface area contributed by atoms with Crippen LogP contribution < -0.4 is 15.4 Å². The molecule has 1 heterocycles. The van der Waals surface area contributed by atoms with Crippen molar-refractivity contribution in [1.29, 1.82) is 0 Å². The Hall–Kier alpha value is -2.83. The van der Waals surface area contributed by atoms with Gasteiger partial charge in [0.25, 0.3) is 0 Å². The Morgan fingerprint density at radius 3 is 2.31 bits per heavy atom. The summed E-state index contributed by atoms with van der Waals surface area (Å²) < 4.78 is 11.1. The number of esters is 2. The molecule has 0 radical (unpaired) electrons. The summed E-state index contributed by atoms with van der Waals surface area (Å²) in [6, 6.07) is 5.85. The molecule has 2 amide bonds. The SMILES string of the molecule is CCC1=C(C(=O)OCC2CCCCC2)[C@H](c2ccc(OC(=O)C(C)(C)C)cc2)NC(=O)N1. The maximum atomic E-state index is 13.1. The third-order valence-electron chi connectivity index (χ3n) is 5.94. The first-order valence-electron chi connectivity index (χ1n) is 11.5. The van der Waals surface area contributed by atoms with Gasteiger partial charge >= 0.3 is 18.0 Å². The number of hydrogen-bond acceptors (Lipinski definition) is 5. The van der Waals surface area contributed by atoms with Crippen LogP contribution in [0.3, 0.4) is 0 Å². The van der Waals surface area contributed by atoms with Crippen LogP contribution in [0, 0.1) is 11.3 Å². The Kier molecular flexibility index (Phi) is 7.59. The Labute approximate surface area is 189 Å². The molecule has 0 bridgehead atoms. The van der Waals surface area contributed by atoms with Gasteiger partial charge in [-0.2, -0.15) is 0 Å². The number of rotatable bonds is 6. The lowest BCUT2D eigenvalue weighted by molar-refractivity contribution is -0.143. The molecule has 1 aromatic rings. The molecule has 0 unspecified atom stereocenters. The van der Waals surface area contributed by atoms with E-state index in [1.54, 1.807) is 45.0 Å². The van der Waals surface area contributed by atoms with E-state index in [1.807, 2.05) is 6.92 Å². The summed E-state index contributed by atoms with van der Waals surface area (Å²) in [6.45, 7) is 7.66. The van der Waals surface area contributed by atoms with Crippen LogP contribution in [-0.4, -0.2) is 24.6 Å².